The lowest BCUT2D eigenvalue weighted by atomic mass is 9.95. The minimum absolute atomic E-state index is 0.0254. The Morgan fingerprint density at radius 3 is 2.53 bits per heavy atom. The van der Waals surface area contributed by atoms with Crippen LogP contribution >= 0.6 is 0 Å². The molecule has 1 aliphatic rings. The van der Waals surface area contributed by atoms with Gasteiger partial charge in [0.1, 0.15) is 0 Å². The van der Waals surface area contributed by atoms with E-state index in [0.29, 0.717) is 0 Å². The van der Waals surface area contributed by atoms with Gasteiger partial charge in [-0.2, -0.15) is 0 Å². The largest absolute Gasteiger partial charge is 0.347 e. The van der Waals surface area contributed by atoms with E-state index in [-0.39, 0.29) is 30.4 Å². The topological polar surface area (TPSA) is 75.4 Å². The fourth-order valence-corrected chi connectivity index (χ4v) is 2.34. The maximum atomic E-state index is 12.2. The molecule has 0 aromatic rings. The summed E-state index contributed by atoms with van der Waals surface area (Å²) in [4.78, 5) is 25.8. The highest BCUT2D eigenvalue weighted by Crippen LogP contribution is 2.19. The van der Waals surface area contributed by atoms with Crippen molar-refractivity contribution in [3.63, 3.8) is 0 Å². The van der Waals surface area contributed by atoms with E-state index in [1.54, 1.807) is 0 Å². The number of carbonyl (C=O) groups is 2. The maximum Gasteiger partial charge on any atom is 0.242 e. The Balaban J connectivity index is 2.54. The Labute approximate surface area is 115 Å². The first-order valence-corrected chi connectivity index (χ1v) is 7.07. The minimum atomic E-state index is -0.470. The van der Waals surface area contributed by atoms with Gasteiger partial charge in [0.15, 0.2) is 0 Å². The molecule has 0 radical (unpaired) electrons. The van der Waals surface area contributed by atoms with Gasteiger partial charge in [-0.1, -0.05) is 20.8 Å². The van der Waals surface area contributed by atoms with Gasteiger partial charge in [-0.15, -0.1) is 0 Å². The lowest BCUT2D eigenvalue weighted by Gasteiger charge is -2.38. The predicted molar refractivity (Wildman–Crippen MR) is 75.5 cm³/mol. The second kappa shape index (κ2) is 6.37. The number of nitrogens with zero attached hydrogens (tertiary/aromatic N) is 1. The highest BCUT2D eigenvalue weighted by atomic mass is 16.2. The molecule has 5 heteroatoms. The lowest BCUT2D eigenvalue weighted by molar-refractivity contribution is -0.138. The number of hydrogen-bond donors (Lipinski definition) is 2. The highest BCUT2D eigenvalue weighted by Gasteiger charge is 2.30. The Morgan fingerprint density at radius 1 is 1.37 bits per heavy atom. The van der Waals surface area contributed by atoms with Crippen LogP contribution in [-0.4, -0.2) is 41.9 Å². The molecular weight excluding hydrogens is 242 g/mol. The molecule has 2 unspecified atom stereocenters. The van der Waals surface area contributed by atoms with E-state index in [1.807, 2.05) is 32.6 Å². The number of nitrogens with one attached hydrogen (secondary N) is 1. The molecule has 110 valence electrons. The Hall–Kier alpha value is -1.10. The Morgan fingerprint density at radius 2 is 2.00 bits per heavy atom. The van der Waals surface area contributed by atoms with Gasteiger partial charge in [-0.3, -0.25) is 9.59 Å². The van der Waals surface area contributed by atoms with Crippen molar-refractivity contribution in [2.24, 2.45) is 11.1 Å². The fraction of sp³-hybridized carbons (Fsp3) is 0.857. The molecule has 2 amide bonds. The second-order valence-electron chi connectivity index (χ2n) is 6.44. The average Bonchev–Trinajstić information content (AvgIpc) is 2.34. The zero-order valence-corrected chi connectivity index (χ0v) is 12.5. The lowest BCUT2D eigenvalue weighted by Crippen LogP contribution is -2.54. The van der Waals surface area contributed by atoms with Crippen LogP contribution in [0.3, 0.4) is 0 Å². The zero-order valence-electron chi connectivity index (χ0n) is 12.5. The van der Waals surface area contributed by atoms with Gasteiger partial charge in [-0.25, -0.2) is 0 Å². The van der Waals surface area contributed by atoms with E-state index in [0.717, 1.165) is 25.8 Å². The first-order valence-electron chi connectivity index (χ1n) is 7.07. The molecule has 0 spiro atoms. The summed E-state index contributed by atoms with van der Waals surface area (Å²) in [7, 11) is 0. The van der Waals surface area contributed by atoms with Gasteiger partial charge in [-0.05, 0) is 26.2 Å². The van der Waals surface area contributed by atoms with Crippen LogP contribution in [0.5, 0.6) is 0 Å². The quantitative estimate of drug-likeness (QED) is 0.798. The van der Waals surface area contributed by atoms with Crippen molar-refractivity contribution >= 4 is 11.8 Å². The zero-order chi connectivity index (χ0) is 14.6. The van der Waals surface area contributed by atoms with Crippen molar-refractivity contribution in [1.29, 1.82) is 0 Å². The molecule has 3 N–H and O–H groups in total. The van der Waals surface area contributed by atoms with Crippen LogP contribution in [0.25, 0.3) is 0 Å². The predicted octanol–water partition coefficient (Wildman–Crippen LogP) is 0.877. The second-order valence-corrected chi connectivity index (χ2v) is 6.44. The van der Waals surface area contributed by atoms with Crippen LogP contribution in [-0.2, 0) is 9.59 Å². The summed E-state index contributed by atoms with van der Waals surface area (Å²) in [6, 6.07) is 0.0790. The van der Waals surface area contributed by atoms with Crippen molar-refractivity contribution in [2.75, 3.05) is 13.1 Å². The summed E-state index contributed by atoms with van der Waals surface area (Å²) in [6.07, 6.45) is 3.09. The number of likely N-dealkylation sites (tertiary alicyclic amines) is 1. The molecule has 19 heavy (non-hydrogen) atoms. The fourth-order valence-electron chi connectivity index (χ4n) is 2.34. The molecule has 5 nitrogen and oxygen atoms in total. The summed E-state index contributed by atoms with van der Waals surface area (Å²) in [5, 5.41) is 2.71. The minimum Gasteiger partial charge on any atom is -0.347 e. The van der Waals surface area contributed by atoms with Crippen LogP contribution in [0.2, 0.25) is 0 Å². The molecule has 0 aromatic heterocycles. The standard InChI is InChI=1S/C14H27N3O2/c1-10(15)11-7-5-6-8-17(11)12(18)9-16-13(19)14(2,3)4/h10-11H,5-9,15H2,1-4H3,(H,16,19). The van der Waals surface area contributed by atoms with Gasteiger partial charge >= 0.3 is 0 Å². The number of amides is 2. The van der Waals surface area contributed by atoms with Gasteiger partial charge in [0.05, 0.1) is 6.54 Å². The summed E-state index contributed by atoms with van der Waals surface area (Å²) >= 11 is 0. The van der Waals surface area contributed by atoms with Gasteiger partial charge in [0.2, 0.25) is 11.8 Å². The molecule has 1 rings (SSSR count). The smallest absolute Gasteiger partial charge is 0.242 e. The van der Waals surface area contributed by atoms with Crippen LogP contribution in [0.1, 0.15) is 47.0 Å². The molecule has 1 heterocycles. The van der Waals surface area contributed by atoms with E-state index < -0.39 is 5.41 Å². The van der Waals surface area contributed by atoms with E-state index in [2.05, 4.69) is 5.32 Å². The third-order valence-electron chi connectivity index (χ3n) is 3.56. The van der Waals surface area contributed by atoms with E-state index >= 15 is 0 Å². The Kier molecular flexibility index (Phi) is 5.35. The normalized spacial score (nSPS) is 21.9. The highest BCUT2D eigenvalue weighted by molar-refractivity contribution is 5.87. The van der Waals surface area contributed by atoms with E-state index in [1.165, 1.54) is 0 Å². The summed E-state index contributed by atoms with van der Waals surface area (Å²) in [5.41, 5.74) is 5.47. The first kappa shape index (κ1) is 16.0. The molecule has 0 aromatic carbocycles. The molecule has 0 bridgehead atoms. The van der Waals surface area contributed by atoms with Crippen LogP contribution in [0, 0.1) is 5.41 Å². The van der Waals surface area contributed by atoms with Crippen LogP contribution in [0.4, 0.5) is 0 Å². The van der Waals surface area contributed by atoms with Gasteiger partial charge in [0.25, 0.3) is 0 Å². The number of carbonyl (C=O) groups excluding carboxylic acids is 2. The molecule has 0 saturated carbocycles. The number of piperidine rings is 1. The van der Waals surface area contributed by atoms with E-state index in [9.17, 15) is 9.59 Å². The van der Waals surface area contributed by atoms with Gasteiger partial charge < -0.3 is 16.0 Å². The number of hydrogen-bond acceptors (Lipinski definition) is 3. The molecule has 2 atom stereocenters. The van der Waals surface area contributed by atoms with Gasteiger partial charge in [0, 0.05) is 24.0 Å². The SMILES string of the molecule is CC(N)C1CCCCN1C(=O)CNC(=O)C(C)(C)C. The van der Waals surface area contributed by atoms with Crippen molar-refractivity contribution in [1.82, 2.24) is 10.2 Å². The third-order valence-corrected chi connectivity index (χ3v) is 3.56. The number of rotatable bonds is 3. The summed E-state index contributed by atoms with van der Waals surface area (Å²) < 4.78 is 0. The third kappa shape index (κ3) is 4.49. The maximum absolute atomic E-state index is 12.2. The molecule has 0 aliphatic carbocycles. The van der Waals surface area contributed by atoms with Crippen LogP contribution in [0.15, 0.2) is 0 Å². The molecule has 1 aliphatic heterocycles. The van der Waals surface area contributed by atoms with E-state index in [4.69, 9.17) is 5.73 Å². The monoisotopic (exact) mass is 269 g/mol. The molecular formula is C14H27N3O2. The molecule has 1 saturated heterocycles. The summed E-state index contributed by atoms with van der Waals surface area (Å²) in [6.45, 7) is 8.25. The van der Waals surface area contributed by atoms with Crippen molar-refractivity contribution < 1.29 is 9.59 Å². The van der Waals surface area contributed by atoms with Crippen molar-refractivity contribution in [2.45, 2.75) is 59.0 Å². The average molecular weight is 269 g/mol. The summed E-state index contributed by atoms with van der Waals surface area (Å²) in [5.74, 6) is -0.130. The van der Waals surface area contributed by atoms with Crippen molar-refractivity contribution in [3.05, 3.63) is 0 Å². The number of nitrogens with two attached hydrogens (primary N) is 1. The van der Waals surface area contributed by atoms with Crippen LogP contribution < -0.4 is 11.1 Å². The van der Waals surface area contributed by atoms with Crippen molar-refractivity contribution in [3.8, 4) is 0 Å². The molecule has 1 fully saturated rings. The first-order chi connectivity index (χ1) is 8.73. The Bertz CT molecular complexity index is 334.